The van der Waals surface area contributed by atoms with Gasteiger partial charge in [-0.05, 0) is 49.2 Å². The SMILES string of the molecule is Cc1ccc(CSc2nnc(N3C(=O)C(=O)/C(=C(\O)c4ccc(F)cc4)C3c3ccc(C)cc3)s2)cc1. The number of aryl methyl sites for hydroxylation is 2. The van der Waals surface area contributed by atoms with Gasteiger partial charge in [0.05, 0.1) is 11.6 Å². The number of rotatable bonds is 6. The number of hydrogen-bond acceptors (Lipinski definition) is 7. The number of thioether (sulfide) groups is 1. The van der Waals surface area contributed by atoms with Crippen molar-refractivity contribution in [3.05, 3.63) is 112 Å². The molecule has 1 aromatic heterocycles. The predicted molar refractivity (Wildman–Crippen MR) is 143 cm³/mol. The van der Waals surface area contributed by atoms with E-state index in [0.29, 0.717) is 15.7 Å². The molecule has 0 bridgehead atoms. The molecule has 2 heterocycles. The summed E-state index contributed by atoms with van der Waals surface area (Å²) in [6.45, 7) is 3.96. The highest BCUT2D eigenvalue weighted by Crippen LogP contribution is 2.44. The Bertz CT molecular complexity index is 1500. The van der Waals surface area contributed by atoms with Gasteiger partial charge in [0, 0.05) is 11.3 Å². The largest absolute Gasteiger partial charge is 0.507 e. The molecule has 1 fully saturated rings. The third-order valence-electron chi connectivity index (χ3n) is 6.04. The van der Waals surface area contributed by atoms with Crippen molar-refractivity contribution in [2.24, 2.45) is 0 Å². The van der Waals surface area contributed by atoms with Crippen molar-refractivity contribution < 1.29 is 19.1 Å². The second-order valence-electron chi connectivity index (χ2n) is 8.71. The van der Waals surface area contributed by atoms with E-state index < -0.39 is 23.5 Å². The fraction of sp³-hybridized carbons (Fsp3) is 0.143. The van der Waals surface area contributed by atoms with Crippen LogP contribution >= 0.6 is 23.1 Å². The third-order valence-corrected chi connectivity index (χ3v) is 8.17. The Morgan fingerprint density at radius 2 is 1.57 bits per heavy atom. The van der Waals surface area contributed by atoms with E-state index in [-0.39, 0.29) is 22.0 Å². The summed E-state index contributed by atoms with van der Waals surface area (Å²) in [6.07, 6.45) is 0. The smallest absolute Gasteiger partial charge is 0.301 e. The van der Waals surface area contributed by atoms with Crippen molar-refractivity contribution in [1.82, 2.24) is 10.2 Å². The Morgan fingerprint density at radius 3 is 2.22 bits per heavy atom. The summed E-state index contributed by atoms with van der Waals surface area (Å²) < 4.78 is 14.1. The first kappa shape index (κ1) is 24.9. The fourth-order valence-electron chi connectivity index (χ4n) is 4.04. The highest BCUT2D eigenvalue weighted by Gasteiger charge is 2.48. The van der Waals surface area contributed by atoms with Crippen molar-refractivity contribution >= 4 is 45.7 Å². The van der Waals surface area contributed by atoms with E-state index in [1.807, 2.05) is 50.2 Å². The topological polar surface area (TPSA) is 83.4 Å². The molecule has 1 aliphatic rings. The average molecular weight is 532 g/mol. The van der Waals surface area contributed by atoms with E-state index in [1.54, 1.807) is 0 Å². The Kier molecular flexibility index (Phi) is 6.90. The number of ketones is 1. The standard InChI is InChI=1S/C28H22FN3O3S2/c1-16-3-7-18(8-4-16)15-36-28-31-30-27(37-28)32-23(19-9-5-17(2)6-10-19)22(25(34)26(32)35)24(33)20-11-13-21(29)14-12-20/h3-14,23,33H,15H2,1-2H3/b24-22-. The number of nitrogens with zero attached hydrogens (tertiary/aromatic N) is 3. The first-order valence-electron chi connectivity index (χ1n) is 11.5. The quantitative estimate of drug-likeness (QED) is 0.105. The fourth-order valence-corrected chi connectivity index (χ4v) is 5.87. The average Bonchev–Trinajstić information content (AvgIpc) is 3.46. The molecule has 6 nitrogen and oxygen atoms in total. The molecule has 1 aliphatic heterocycles. The number of benzene rings is 3. The molecule has 4 aromatic rings. The van der Waals surface area contributed by atoms with Gasteiger partial charge in [-0.25, -0.2) is 4.39 Å². The summed E-state index contributed by atoms with van der Waals surface area (Å²) in [4.78, 5) is 27.8. The van der Waals surface area contributed by atoms with Gasteiger partial charge in [-0.15, -0.1) is 10.2 Å². The molecule has 0 saturated carbocycles. The van der Waals surface area contributed by atoms with Gasteiger partial charge >= 0.3 is 5.91 Å². The van der Waals surface area contributed by atoms with Gasteiger partial charge in [0.15, 0.2) is 4.34 Å². The van der Waals surface area contributed by atoms with Gasteiger partial charge in [-0.1, -0.05) is 82.8 Å². The molecule has 0 aliphatic carbocycles. The van der Waals surface area contributed by atoms with Crippen LogP contribution in [0.15, 0.2) is 82.7 Å². The van der Waals surface area contributed by atoms with Crippen LogP contribution in [-0.4, -0.2) is 27.0 Å². The van der Waals surface area contributed by atoms with E-state index in [9.17, 15) is 19.1 Å². The number of carbonyl (C=O) groups is 2. The number of aromatic nitrogens is 2. The van der Waals surface area contributed by atoms with Crippen molar-refractivity contribution in [1.29, 1.82) is 0 Å². The van der Waals surface area contributed by atoms with Gasteiger partial charge in [0.1, 0.15) is 11.6 Å². The molecule has 0 radical (unpaired) electrons. The molecule has 9 heteroatoms. The molecular formula is C28H22FN3O3S2. The maximum absolute atomic E-state index is 13.5. The lowest BCUT2D eigenvalue weighted by molar-refractivity contribution is -0.132. The van der Waals surface area contributed by atoms with Crippen LogP contribution in [-0.2, 0) is 15.3 Å². The van der Waals surface area contributed by atoms with E-state index in [1.165, 1.54) is 57.8 Å². The first-order valence-corrected chi connectivity index (χ1v) is 13.3. The summed E-state index contributed by atoms with van der Waals surface area (Å²) in [5.41, 5.74) is 4.11. The van der Waals surface area contributed by atoms with Crippen LogP contribution in [0.3, 0.4) is 0 Å². The summed E-state index contributed by atoms with van der Waals surface area (Å²) >= 11 is 2.70. The van der Waals surface area contributed by atoms with Crippen molar-refractivity contribution in [2.75, 3.05) is 4.90 Å². The number of halogens is 1. The Labute approximate surface area is 221 Å². The molecule has 1 amide bonds. The Hall–Kier alpha value is -3.82. The van der Waals surface area contributed by atoms with Crippen LogP contribution in [0.1, 0.15) is 33.9 Å². The molecule has 0 spiro atoms. The van der Waals surface area contributed by atoms with Crippen LogP contribution in [0, 0.1) is 19.7 Å². The lowest BCUT2D eigenvalue weighted by Gasteiger charge is -2.22. The van der Waals surface area contributed by atoms with Crippen LogP contribution in [0.5, 0.6) is 0 Å². The number of amides is 1. The van der Waals surface area contributed by atoms with Crippen molar-refractivity contribution in [3.63, 3.8) is 0 Å². The molecule has 1 atom stereocenters. The number of aliphatic hydroxyl groups is 1. The number of Topliss-reactive ketones (excluding diaryl/α,β-unsaturated/α-hetero) is 1. The zero-order valence-corrected chi connectivity index (χ0v) is 21.6. The molecule has 3 aromatic carbocycles. The summed E-state index contributed by atoms with van der Waals surface area (Å²) in [5.74, 6) is -1.81. The number of carbonyl (C=O) groups excluding carboxylic acids is 2. The minimum Gasteiger partial charge on any atom is -0.507 e. The highest BCUT2D eigenvalue weighted by molar-refractivity contribution is 8.00. The second kappa shape index (κ2) is 10.3. The van der Waals surface area contributed by atoms with Gasteiger partial charge in [0.25, 0.3) is 5.78 Å². The first-order chi connectivity index (χ1) is 17.8. The normalized spacial score (nSPS) is 16.9. The molecule has 37 heavy (non-hydrogen) atoms. The molecule has 1 saturated heterocycles. The number of anilines is 1. The number of hydrogen-bond donors (Lipinski definition) is 1. The third kappa shape index (κ3) is 5.05. The molecule has 5 rings (SSSR count). The Balaban J connectivity index is 1.53. The van der Waals surface area contributed by atoms with E-state index in [4.69, 9.17) is 0 Å². The summed E-state index contributed by atoms with van der Waals surface area (Å²) in [5, 5.41) is 19.8. The minimum absolute atomic E-state index is 0.0791. The predicted octanol–water partition coefficient (Wildman–Crippen LogP) is 6.21. The van der Waals surface area contributed by atoms with Gasteiger partial charge in [-0.3, -0.25) is 14.5 Å². The summed E-state index contributed by atoms with van der Waals surface area (Å²) in [7, 11) is 0. The van der Waals surface area contributed by atoms with Crippen molar-refractivity contribution in [3.8, 4) is 0 Å². The van der Waals surface area contributed by atoms with Crippen LogP contribution < -0.4 is 4.90 Å². The van der Waals surface area contributed by atoms with Crippen LogP contribution in [0.4, 0.5) is 9.52 Å². The van der Waals surface area contributed by atoms with Crippen LogP contribution in [0.25, 0.3) is 5.76 Å². The van der Waals surface area contributed by atoms with E-state index in [0.717, 1.165) is 11.1 Å². The zero-order valence-electron chi connectivity index (χ0n) is 20.0. The second-order valence-corrected chi connectivity index (χ2v) is 10.9. The van der Waals surface area contributed by atoms with E-state index >= 15 is 0 Å². The lowest BCUT2D eigenvalue weighted by atomic mass is 9.95. The maximum Gasteiger partial charge on any atom is 0.301 e. The highest BCUT2D eigenvalue weighted by atomic mass is 32.2. The van der Waals surface area contributed by atoms with Crippen LogP contribution in [0.2, 0.25) is 0 Å². The summed E-state index contributed by atoms with van der Waals surface area (Å²) in [6, 6.07) is 19.8. The minimum atomic E-state index is -0.909. The molecule has 1 unspecified atom stereocenters. The maximum atomic E-state index is 13.5. The van der Waals surface area contributed by atoms with Gasteiger partial charge < -0.3 is 5.11 Å². The molecular weight excluding hydrogens is 509 g/mol. The molecule has 186 valence electrons. The lowest BCUT2D eigenvalue weighted by Crippen LogP contribution is -2.29. The monoisotopic (exact) mass is 531 g/mol. The van der Waals surface area contributed by atoms with Gasteiger partial charge in [-0.2, -0.15) is 0 Å². The molecule has 1 N–H and O–H groups in total. The Morgan fingerprint density at radius 1 is 0.946 bits per heavy atom. The van der Waals surface area contributed by atoms with Gasteiger partial charge in [0.2, 0.25) is 5.13 Å². The van der Waals surface area contributed by atoms with Crippen molar-refractivity contribution in [2.45, 2.75) is 30.0 Å². The van der Waals surface area contributed by atoms with E-state index in [2.05, 4.69) is 22.3 Å². The number of aliphatic hydroxyl groups excluding tert-OH is 1. The zero-order chi connectivity index (χ0) is 26.1.